The molecule has 0 fully saturated rings. The molecule has 2 aromatic rings. The highest BCUT2D eigenvalue weighted by Crippen LogP contribution is 2.19. The number of nitrogens with zero attached hydrogens (tertiary/aromatic N) is 1. The maximum Gasteiger partial charge on any atom is 0.269 e. The fourth-order valence-electron chi connectivity index (χ4n) is 2.04. The van der Waals surface area contributed by atoms with Gasteiger partial charge in [-0.25, -0.2) is 13.1 Å². The lowest BCUT2D eigenvalue weighted by Crippen LogP contribution is -2.31. The number of aromatic nitrogens is 1. The number of sulfonamides is 1. The van der Waals surface area contributed by atoms with Crippen LogP contribution in [0.3, 0.4) is 0 Å². The number of hydrogen-bond donors (Lipinski definition) is 1. The summed E-state index contributed by atoms with van der Waals surface area (Å²) in [7, 11) is -4.05. The Balaban J connectivity index is 2.22. The van der Waals surface area contributed by atoms with Crippen LogP contribution in [0.1, 0.15) is 35.2 Å². The van der Waals surface area contributed by atoms with Crippen LogP contribution in [0.4, 0.5) is 0 Å². The second kappa shape index (κ2) is 6.82. The van der Waals surface area contributed by atoms with Crippen LogP contribution >= 0.6 is 0 Å². The molecule has 1 amide bonds. The average Bonchev–Trinajstić information content (AvgIpc) is 2.84. The van der Waals surface area contributed by atoms with Crippen molar-refractivity contribution >= 4 is 15.9 Å². The summed E-state index contributed by atoms with van der Waals surface area (Å²) in [5, 5.41) is 3.58. The van der Waals surface area contributed by atoms with E-state index in [0.717, 1.165) is 6.42 Å². The van der Waals surface area contributed by atoms with Crippen LogP contribution < -0.4 is 9.46 Å². The van der Waals surface area contributed by atoms with Gasteiger partial charge in [0.2, 0.25) is 0 Å². The normalized spacial score (nSPS) is 11.3. The SMILES string of the molecule is CCCOc1cccc(C(=O)NS(=O)(=O)c2c(C)noc2C)c1. The lowest BCUT2D eigenvalue weighted by Gasteiger charge is -2.08. The van der Waals surface area contributed by atoms with Gasteiger partial charge in [-0.3, -0.25) is 4.79 Å². The van der Waals surface area contributed by atoms with Crippen LogP contribution in [0.2, 0.25) is 0 Å². The second-order valence-corrected chi connectivity index (χ2v) is 6.58. The predicted molar refractivity (Wildman–Crippen MR) is 82.9 cm³/mol. The van der Waals surface area contributed by atoms with E-state index in [4.69, 9.17) is 9.26 Å². The smallest absolute Gasteiger partial charge is 0.269 e. The molecule has 2 rings (SSSR count). The first-order valence-electron chi connectivity index (χ1n) is 7.08. The van der Waals surface area contributed by atoms with Crippen molar-refractivity contribution in [1.82, 2.24) is 9.88 Å². The first kappa shape index (κ1) is 17.0. The molecule has 1 N–H and O–H groups in total. The molecular formula is C15H18N2O5S. The first-order chi connectivity index (χ1) is 10.8. The molecule has 0 saturated carbocycles. The summed E-state index contributed by atoms with van der Waals surface area (Å²) in [6, 6.07) is 6.34. The Morgan fingerprint density at radius 1 is 1.35 bits per heavy atom. The molecule has 8 heteroatoms. The number of rotatable bonds is 6. The van der Waals surface area contributed by atoms with Gasteiger partial charge in [0.05, 0.1) is 6.61 Å². The van der Waals surface area contributed by atoms with E-state index >= 15 is 0 Å². The number of benzene rings is 1. The topological polar surface area (TPSA) is 98.5 Å². The maximum atomic E-state index is 12.3. The van der Waals surface area contributed by atoms with E-state index in [0.29, 0.717) is 12.4 Å². The second-order valence-electron chi connectivity index (χ2n) is 4.96. The third kappa shape index (κ3) is 3.89. The minimum absolute atomic E-state index is 0.121. The Labute approximate surface area is 134 Å². The number of amides is 1. The lowest BCUT2D eigenvalue weighted by atomic mass is 10.2. The quantitative estimate of drug-likeness (QED) is 0.867. The number of nitrogens with one attached hydrogen (secondary N) is 1. The third-order valence-electron chi connectivity index (χ3n) is 3.03. The van der Waals surface area contributed by atoms with Crippen LogP contribution in [0.15, 0.2) is 33.7 Å². The summed E-state index contributed by atoms with van der Waals surface area (Å²) in [4.78, 5) is 12.1. The molecule has 0 spiro atoms. The van der Waals surface area contributed by atoms with Crippen molar-refractivity contribution in [2.24, 2.45) is 0 Å². The molecule has 0 unspecified atom stereocenters. The van der Waals surface area contributed by atoms with Crippen molar-refractivity contribution in [2.75, 3.05) is 6.61 Å². The summed E-state index contributed by atoms with van der Waals surface area (Å²) >= 11 is 0. The van der Waals surface area contributed by atoms with Gasteiger partial charge in [-0.1, -0.05) is 18.1 Å². The third-order valence-corrected chi connectivity index (χ3v) is 4.61. The molecule has 0 aliphatic carbocycles. The van der Waals surface area contributed by atoms with Gasteiger partial charge in [0, 0.05) is 5.56 Å². The summed E-state index contributed by atoms with van der Waals surface area (Å²) in [6.45, 7) is 5.45. The van der Waals surface area contributed by atoms with Crippen LogP contribution in [0.5, 0.6) is 5.75 Å². The summed E-state index contributed by atoms with van der Waals surface area (Å²) in [6.07, 6.45) is 0.830. The number of carbonyl (C=O) groups excluding carboxylic acids is 1. The molecule has 23 heavy (non-hydrogen) atoms. The van der Waals surface area contributed by atoms with Gasteiger partial charge in [0.15, 0.2) is 10.7 Å². The van der Waals surface area contributed by atoms with Crippen molar-refractivity contribution in [3.05, 3.63) is 41.3 Å². The molecule has 124 valence electrons. The number of ether oxygens (including phenoxy) is 1. The van der Waals surface area contributed by atoms with E-state index in [9.17, 15) is 13.2 Å². The van der Waals surface area contributed by atoms with Crippen molar-refractivity contribution in [3.63, 3.8) is 0 Å². The lowest BCUT2D eigenvalue weighted by molar-refractivity contribution is 0.0981. The van der Waals surface area contributed by atoms with Crippen LogP contribution in [-0.2, 0) is 10.0 Å². The first-order valence-corrected chi connectivity index (χ1v) is 8.56. The van der Waals surface area contributed by atoms with Gasteiger partial charge >= 0.3 is 0 Å². The van der Waals surface area contributed by atoms with Crippen LogP contribution in [0, 0.1) is 13.8 Å². The minimum atomic E-state index is -4.05. The predicted octanol–water partition coefficient (Wildman–Crippen LogP) is 2.20. The Bertz CT molecular complexity index is 792. The summed E-state index contributed by atoms with van der Waals surface area (Å²) < 4.78 is 36.9. The van der Waals surface area contributed by atoms with Crippen molar-refractivity contribution in [2.45, 2.75) is 32.1 Å². The molecular weight excluding hydrogens is 320 g/mol. The highest BCUT2D eigenvalue weighted by molar-refractivity contribution is 7.90. The molecule has 1 aromatic carbocycles. The van der Waals surface area contributed by atoms with Crippen molar-refractivity contribution in [3.8, 4) is 5.75 Å². The van der Waals surface area contributed by atoms with E-state index in [-0.39, 0.29) is 21.9 Å². The molecule has 0 radical (unpaired) electrons. The van der Waals surface area contributed by atoms with Gasteiger partial charge in [-0.15, -0.1) is 0 Å². The molecule has 0 atom stereocenters. The van der Waals surface area contributed by atoms with Crippen molar-refractivity contribution in [1.29, 1.82) is 0 Å². The molecule has 0 saturated heterocycles. The van der Waals surface area contributed by atoms with Gasteiger partial charge in [0.1, 0.15) is 11.4 Å². The van der Waals surface area contributed by atoms with E-state index in [1.807, 2.05) is 11.6 Å². The van der Waals surface area contributed by atoms with Gasteiger partial charge in [-0.05, 0) is 38.5 Å². The largest absolute Gasteiger partial charge is 0.494 e. The molecule has 0 bridgehead atoms. The zero-order chi connectivity index (χ0) is 17.0. The van der Waals surface area contributed by atoms with Crippen LogP contribution in [0.25, 0.3) is 0 Å². The Hall–Kier alpha value is -2.35. The Kier molecular flexibility index (Phi) is 5.05. The number of hydrogen-bond acceptors (Lipinski definition) is 6. The standard InChI is InChI=1S/C15H18N2O5S/c1-4-8-21-13-7-5-6-12(9-13)15(18)17-23(19,20)14-10(2)16-22-11(14)3/h5-7,9H,4,8H2,1-3H3,(H,17,18). The van der Waals surface area contributed by atoms with E-state index in [1.165, 1.54) is 26.0 Å². The highest BCUT2D eigenvalue weighted by atomic mass is 32.2. The fourth-order valence-corrected chi connectivity index (χ4v) is 3.34. The molecule has 1 heterocycles. The average molecular weight is 338 g/mol. The van der Waals surface area contributed by atoms with Gasteiger partial charge < -0.3 is 9.26 Å². The maximum absolute atomic E-state index is 12.3. The minimum Gasteiger partial charge on any atom is -0.494 e. The number of aryl methyl sites for hydroxylation is 2. The van der Waals surface area contributed by atoms with E-state index in [2.05, 4.69) is 5.16 Å². The van der Waals surface area contributed by atoms with Gasteiger partial charge in [-0.2, -0.15) is 0 Å². The summed E-state index contributed by atoms with van der Waals surface area (Å²) in [5.41, 5.74) is 0.386. The summed E-state index contributed by atoms with van der Waals surface area (Å²) in [5.74, 6) is -0.107. The number of carbonyl (C=O) groups is 1. The molecule has 7 nitrogen and oxygen atoms in total. The van der Waals surface area contributed by atoms with Crippen LogP contribution in [-0.4, -0.2) is 26.1 Å². The zero-order valence-electron chi connectivity index (χ0n) is 13.1. The fraction of sp³-hybridized carbons (Fsp3) is 0.333. The van der Waals surface area contributed by atoms with Gasteiger partial charge in [0.25, 0.3) is 15.9 Å². The molecule has 0 aliphatic heterocycles. The molecule has 1 aromatic heterocycles. The van der Waals surface area contributed by atoms with Crippen molar-refractivity contribution < 1.29 is 22.5 Å². The Morgan fingerprint density at radius 3 is 2.70 bits per heavy atom. The van der Waals surface area contributed by atoms with E-state index < -0.39 is 15.9 Å². The zero-order valence-corrected chi connectivity index (χ0v) is 13.9. The van der Waals surface area contributed by atoms with E-state index in [1.54, 1.807) is 12.1 Å². The highest BCUT2D eigenvalue weighted by Gasteiger charge is 2.26. The Morgan fingerprint density at radius 2 is 2.09 bits per heavy atom. The monoisotopic (exact) mass is 338 g/mol. The molecule has 0 aliphatic rings.